The number of ketones is 1. The van der Waals surface area contributed by atoms with Crippen LogP contribution in [0.2, 0.25) is 0 Å². The molecule has 1 aromatic heterocycles. The molecule has 2 aliphatic rings. The molecule has 47 heavy (non-hydrogen) atoms. The Bertz CT molecular complexity index is 1940. The van der Waals surface area contributed by atoms with Gasteiger partial charge in [-0.05, 0) is 74.2 Å². The summed E-state index contributed by atoms with van der Waals surface area (Å²) in [4.78, 5) is 30.2. The van der Waals surface area contributed by atoms with Crippen molar-refractivity contribution in [2.75, 3.05) is 4.90 Å². The van der Waals surface area contributed by atoms with Gasteiger partial charge in [-0.2, -0.15) is 18.3 Å². The first-order valence-electron chi connectivity index (χ1n) is 15.1. The first-order valence-corrected chi connectivity index (χ1v) is 15.9. The van der Waals surface area contributed by atoms with Crippen molar-refractivity contribution in [1.29, 1.82) is 0 Å². The van der Waals surface area contributed by atoms with Gasteiger partial charge >= 0.3 is 6.18 Å². The number of anilines is 1. The third-order valence-corrected chi connectivity index (χ3v) is 9.66. The SMILES string of the molecule is Cc1ccc(Sc2c(C3C(C(N)=O)=C(N)N(c4ccc(C(F)(F)F)cc4)C4=C3C(=O)CC(C)(C)C4)c(C)nn2-c2ccccc2)cc1. The second-order valence-corrected chi connectivity index (χ2v) is 13.8. The first kappa shape index (κ1) is 32.2. The van der Waals surface area contributed by atoms with Gasteiger partial charge in [0.15, 0.2) is 5.78 Å². The number of rotatable bonds is 6. The van der Waals surface area contributed by atoms with E-state index in [0.29, 0.717) is 34.0 Å². The molecule has 0 fully saturated rings. The fourth-order valence-corrected chi connectivity index (χ4v) is 7.55. The number of nitrogens with two attached hydrogens (primary N) is 2. The molecule has 1 aliphatic heterocycles. The number of hydrogen-bond donors (Lipinski definition) is 2. The van der Waals surface area contributed by atoms with Crippen molar-refractivity contribution in [2.45, 2.75) is 62.6 Å². The normalized spacial score (nSPS) is 18.1. The van der Waals surface area contributed by atoms with Crippen LogP contribution in [0.3, 0.4) is 0 Å². The molecule has 0 saturated heterocycles. The molecular formula is C36H34F3N5O2S. The Morgan fingerprint density at radius 2 is 1.57 bits per heavy atom. The number of primary amides is 1. The van der Waals surface area contributed by atoms with Crippen molar-refractivity contribution in [3.63, 3.8) is 0 Å². The zero-order chi connectivity index (χ0) is 33.8. The maximum absolute atomic E-state index is 14.3. The number of carbonyl (C=O) groups excluding carboxylic acids is 2. The van der Waals surface area contributed by atoms with Crippen molar-refractivity contribution in [3.05, 3.63) is 124 Å². The highest BCUT2D eigenvalue weighted by atomic mass is 32.2. The zero-order valence-electron chi connectivity index (χ0n) is 26.4. The lowest BCUT2D eigenvalue weighted by Crippen LogP contribution is -2.44. The molecule has 0 saturated carbocycles. The number of aromatic nitrogens is 2. The number of amides is 1. The second kappa shape index (κ2) is 11.8. The number of benzene rings is 3. The van der Waals surface area contributed by atoms with Crippen molar-refractivity contribution < 1.29 is 22.8 Å². The van der Waals surface area contributed by atoms with Crippen LogP contribution in [-0.2, 0) is 15.8 Å². The number of allylic oxidation sites excluding steroid dienone is 2. The third-order valence-electron chi connectivity index (χ3n) is 8.57. The Hall–Kier alpha value is -4.77. The Morgan fingerprint density at radius 1 is 0.936 bits per heavy atom. The Kier molecular flexibility index (Phi) is 8.07. The van der Waals surface area contributed by atoms with Gasteiger partial charge in [0.05, 0.1) is 28.4 Å². The molecule has 11 heteroatoms. The molecule has 6 rings (SSSR count). The van der Waals surface area contributed by atoms with Crippen molar-refractivity contribution in [2.24, 2.45) is 16.9 Å². The van der Waals surface area contributed by atoms with Gasteiger partial charge in [-0.1, -0.05) is 61.5 Å². The van der Waals surface area contributed by atoms with E-state index >= 15 is 0 Å². The van der Waals surface area contributed by atoms with Crippen molar-refractivity contribution >= 4 is 29.1 Å². The summed E-state index contributed by atoms with van der Waals surface area (Å²) < 4.78 is 42.2. The molecule has 1 unspecified atom stereocenters. The van der Waals surface area contributed by atoms with Crippen LogP contribution in [0.15, 0.2) is 111 Å². The Morgan fingerprint density at radius 3 is 2.17 bits per heavy atom. The predicted octanol–water partition coefficient (Wildman–Crippen LogP) is 7.56. The average Bonchev–Trinajstić information content (AvgIpc) is 3.32. The summed E-state index contributed by atoms with van der Waals surface area (Å²) in [5.74, 6) is -2.03. The van der Waals surface area contributed by atoms with Crippen molar-refractivity contribution in [1.82, 2.24) is 9.78 Å². The zero-order valence-corrected chi connectivity index (χ0v) is 27.2. The molecule has 0 radical (unpaired) electrons. The molecule has 0 bridgehead atoms. The van der Waals surface area contributed by atoms with Crippen LogP contribution in [0.4, 0.5) is 18.9 Å². The molecule has 1 aliphatic carbocycles. The molecule has 4 aromatic rings. The summed E-state index contributed by atoms with van der Waals surface area (Å²) in [5.41, 5.74) is 15.8. The number of hydrogen-bond acceptors (Lipinski definition) is 6. The van der Waals surface area contributed by atoms with E-state index in [9.17, 15) is 22.8 Å². The van der Waals surface area contributed by atoms with Crippen molar-refractivity contribution in [3.8, 4) is 5.69 Å². The molecule has 1 atom stereocenters. The van der Waals surface area contributed by atoms with Gasteiger partial charge in [0.1, 0.15) is 10.8 Å². The first-order chi connectivity index (χ1) is 22.2. The van der Waals surface area contributed by atoms with Gasteiger partial charge in [-0.25, -0.2) is 4.68 Å². The van der Waals surface area contributed by atoms with E-state index < -0.39 is 29.0 Å². The number of Topliss-reactive ketones (excluding diaryl/α,β-unsaturated/α-hetero) is 1. The molecule has 1 amide bonds. The number of alkyl halides is 3. The number of halogens is 3. The number of nitrogens with zero attached hydrogens (tertiary/aromatic N) is 3. The predicted molar refractivity (Wildman–Crippen MR) is 176 cm³/mol. The average molecular weight is 658 g/mol. The lowest BCUT2D eigenvalue weighted by atomic mass is 9.68. The van der Waals surface area contributed by atoms with Crippen LogP contribution < -0.4 is 16.4 Å². The highest BCUT2D eigenvalue weighted by Crippen LogP contribution is 2.53. The highest BCUT2D eigenvalue weighted by molar-refractivity contribution is 7.99. The van der Waals surface area contributed by atoms with E-state index in [2.05, 4.69) is 0 Å². The van der Waals surface area contributed by atoms with E-state index in [-0.39, 0.29) is 29.3 Å². The summed E-state index contributed by atoms with van der Waals surface area (Å²) in [6.45, 7) is 7.73. The monoisotopic (exact) mass is 657 g/mol. The molecule has 2 heterocycles. The van der Waals surface area contributed by atoms with E-state index in [1.54, 1.807) is 4.68 Å². The number of aryl methyl sites for hydroxylation is 2. The van der Waals surface area contributed by atoms with Crippen LogP contribution in [0, 0.1) is 19.3 Å². The lowest BCUT2D eigenvalue weighted by molar-refractivity contribution is -0.137. The van der Waals surface area contributed by atoms with Crippen LogP contribution in [-0.4, -0.2) is 21.5 Å². The molecule has 242 valence electrons. The number of carbonyl (C=O) groups is 2. The standard InChI is InChI=1S/C36H34F3N5O2S/c1-20-10-16-25(17-11-20)47-34-28(21(2)42-44(34)24-8-6-5-7-9-24)30-29-26(18-35(3,4)19-27(29)45)43(32(40)31(30)33(41)46)23-14-12-22(13-15-23)36(37,38)39/h5-17,30H,18-19,40H2,1-4H3,(H2,41,46). The molecular weight excluding hydrogens is 623 g/mol. The maximum Gasteiger partial charge on any atom is 0.416 e. The smallest absolute Gasteiger partial charge is 0.384 e. The quantitative estimate of drug-likeness (QED) is 0.222. The topological polar surface area (TPSA) is 107 Å². The van der Waals surface area contributed by atoms with Gasteiger partial charge in [0.25, 0.3) is 0 Å². The van der Waals surface area contributed by atoms with E-state index in [4.69, 9.17) is 16.6 Å². The minimum atomic E-state index is -4.54. The fourth-order valence-electron chi connectivity index (χ4n) is 6.45. The minimum absolute atomic E-state index is 0.0156. The second-order valence-electron chi connectivity index (χ2n) is 12.7. The van der Waals surface area contributed by atoms with E-state index in [0.717, 1.165) is 28.3 Å². The largest absolute Gasteiger partial charge is 0.416 e. The van der Waals surface area contributed by atoms with E-state index in [1.807, 2.05) is 82.3 Å². The summed E-state index contributed by atoms with van der Waals surface area (Å²) in [7, 11) is 0. The minimum Gasteiger partial charge on any atom is -0.384 e. The molecule has 7 nitrogen and oxygen atoms in total. The maximum atomic E-state index is 14.3. The summed E-state index contributed by atoms with van der Waals surface area (Å²) in [6.07, 6.45) is -3.97. The number of para-hydroxylation sites is 1. The van der Waals surface area contributed by atoms with Gasteiger partial charge in [-0.3, -0.25) is 14.5 Å². The van der Waals surface area contributed by atoms with Gasteiger partial charge in [0, 0.05) is 33.8 Å². The van der Waals surface area contributed by atoms with Gasteiger partial charge in [-0.15, -0.1) is 0 Å². The Balaban J connectivity index is 1.63. The van der Waals surface area contributed by atoms with E-state index in [1.165, 1.54) is 28.8 Å². The summed E-state index contributed by atoms with van der Waals surface area (Å²) in [5, 5.41) is 5.60. The summed E-state index contributed by atoms with van der Waals surface area (Å²) >= 11 is 1.45. The lowest BCUT2D eigenvalue weighted by Gasteiger charge is -2.44. The molecule has 0 spiro atoms. The van der Waals surface area contributed by atoms with Crippen LogP contribution in [0.25, 0.3) is 5.69 Å². The Labute approximate surface area is 275 Å². The third kappa shape index (κ3) is 5.95. The van der Waals surface area contributed by atoms with Gasteiger partial charge in [0.2, 0.25) is 5.91 Å². The molecule has 3 aromatic carbocycles. The van der Waals surface area contributed by atoms with Crippen LogP contribution in [0.1, 0.15) is 55.0 Å². The van der Waals surface area contributed by atoms with Gasteiger partial charge < -0.3 is 11.5 Å². The highest BCUT2D eigenvalue weighted by Gasteiger charge is 2.47. The fraction of sp³-hybridized carbons (Fsp3) is 0.250. The van der Waals surface area contributed by atoms with Crippen LogP contribution >= 0.6 is 11.8 Å². The summed E-state index contributed by atoms with van der Waals surface area (Å²) in [6, 6.07) is 22.0. The molecule has 4 N–H and O–H groups in total. The van der Waals surface area contributed by atoms with Crippen LogP contribution in [0.5, 0.6) is 0 Å².